The van der Waals surface area contributed by atoms with Crippen molar-refractivity contribution >= 4 is 65.3 Å². The zero-order chi connectivity index (χ0) is 21.3. The molecule has 174 valence electrons. The Morgan fingerprint density at radius 1 is 0.938 bits per heavy atom. The number of rotatable bonds is 10. The van der Waals surface area contributed by atoms with Gasteiger partial charge in [0.15, 0.2) is 5.82 Å². The number of nitrogens with zero attached hydrogens (tertiary/aromatic N) is 2. The van der Waals surface area contributed by atoms with E-state index in [1.807, 2.05) is 36.4 Å². The highest BCUT2D eigenvalue weighted by molar-refractivity contribution is 6.30. The molecule has 0 aliphatic carbocycles. The fourth-order valence-corrected chi connectivity index (χ4v) is 3.43. The highest BCUT2D eigenvalue weighted by atomic mass is 35.5. The number of hydrogen-bond acceptors (Lipinski definition) is 4. The first-order valence-electron chi connectivity index (χ1n) is 10.8. The lowest BCUT2D eigenvalue weighted by Gasteiger charge is -2.12. The third-order valence-corrected chi connectivity index (χ3v) is 5.37. The SMILES string of the molecule is CC(C)c1ccc2nc(C=Cc3ccc(Cl)cc3)nc(NCCCCCCN)c2c1.Cl.Cl. The van der Waals surface area contributed by atoms with Gasteiger partial charge >= 0.3 is 0 Å². The van der Waals surface area contributed by atoms with Crippen molar-refractivity contribution < 1.29 is 0 Å². The van der Waals surface area contributed by atoms with Crippen LogP contribution in [-0.4, -0.2) is 23.1 Å². The minimum Gasteiger partial charge on any atom is -0.369 e. The molecule has 0 atom stereocenters. The Balaban J connectivity index is 0.00000256. The fraction of sp³-hybridized carbons (Fsp3) is 0.360. The van der Waals surface area contributed by atoms with Gasteiger partial charge in [0.1, 0.15) is 5.82 Å². The van der Waals surface area contributed by atoms with E-state index in [1.165, 1.54) is 18.4 Å². The van der Waals surface area contributed by atoms with E-state index < -0.39 is 0 Å². The van der Waals surface area contributed by atoms with Crippen LogP contribution < -0.4 is 11.1 Å². The van der Waals surface area contributed by atoms with Crippen LogP contribution in [0.2, 0.25) is 5.02 Å². The summed E-state index contributed by atoms with van der Waals surface area (Å²) < 4.78 is 0. The Morgan fingerprint density at radius 2 is 1.66 bits per heavy atom. The number of nitrogens with one attached hydrogen (secondary N) is 1. The van der Waals surface area contributed by atoms with Crippen molar-refractivity contribution in [3.05, 3.63) is 64.4 Å². The van der Waals surface area contributed by atoms with E-state index >= 15 is 0 Å². The second-order valence-electron chi connectivity index (χ2n) is 7.88. The lowest BCUT2D eigenvalue weighted by Crippen LogP contribution is -2.06. The van der Waals surface area contributed by atoms with Crippen molar-refractivity contribution in [2.75, 3.05) is 18.4 Å². The van der Waals surface area contributed by atoms with Gasteiger partial charge in [-0.1, -0.05) is 62.6 Å². The molecule has 3 N–H and O–H groups in total. The summed E-state index contributed by atoms with van der Waals surface area (Å²) in [5.74, 6) is 2.06. The Morgan fingerprint density at radius 3 is 2.34 bits per heavy atom. The van der Waals surface area contributed by atoms with Crippen LogP contribution in [0.3, 0.4) is 0 Å². The third kappa shape index (κ3) is 8.25. The van der Waals surface area contributed by atoms with E-state index in [4.69, 9.17) is 27.3 Å². The van der Waals surface area contributed by atoms with Crippen molar-refractivity contribution in [1.29, 1.82) is 0 Å². The van der Waals surface area contributed by atoms with Gasteiger partial charge in [0.05, 0.1) is 5.52 Å². The lowest BCUT2D eigenvalue weighted by molar-refractivity contribution is 0.661. The summed E-state index contributed by atoms with van der Waals surface area (Å²) in [6, 6.07) is 14.2. The van der Waals surface area contributed by atoms with Gasteiger partial charge in [-0.05, 0) is 66.8 Å². The maximum atomic E-state index is 5.98. The molecule has 0 aliphatic rings. The molecule has 4 nitrogen and oxygen atoms in total. The topological polar surface area (TPSA) is 63.8 Å². The average Bonchev–Trinajstić information content (AvgIpc) is 2.75. The predicted octanol–water partition coefficient (Wildman–Crippen LogP) is 7.35. The molecule has 32 heavy (non-hydrogen) atoms. The van der Waals surface area contributed by atoms with Crippen molar-refractivity contribution in [1.82, 2.24) is 9.97 Å². The molecule has 0 saturated carbocycles. The molecule has 3 rings (SSSR count). The molecule has 0 bridgehead atoms. The molecule has 7 heteroatoms. The molecular weight excluding hydrogens is 463 g/mol. The van der Waals surface area contributed by atoms with Gasteiger partial charge in [-0.2, -0.15) is 0 Å². The molecule has 0 spiro atoms. The van der Waals surface area contributed by atoms with Gasteiger partial charge in [0.25, 0.3) is 0 Å². The molecular formula is C25H33Cl3N4. The van der Waals surface area contributed by atoms with Crippen LogP contribution in [0.4, 0.5) is 5.82 Å². The lowest BCUT2D eigenvalue weighted by atomic mass is 10.0. The molecule has 0 amide bonds. The Bertz CT molecular complexity index is 988. The Labute approximate surface area is 208 Å². The van der Waals surface area contributed by atoms with Crippen molar-refractivity contribution in [3.63, 3.8) is 0 Å². The van der Waals surface area contributed by atoms with Crippen LogP contribution in [0, 0.1) is 0 Å². The second-order valence-corrected chi connectivity index (χ2v) is 8.31. The predicted molar refractivity (Wildman–Crippen MR) is 145 cm³/mol. The van der Waals surface area contributed by atoms with Crippen LogP contribution in [0.1, 0.15) is 62.4 Å². The molecule has 3 aromatic rings. The van der Waals surface area contributed by atoms with E-state index in [0.29, 0.717) is 11.7 Å². The van der Waals surface area contributed by atoms with Gasteiger partial charge in [0, 0.05) is 17.0 Å². The maximum absolute atomic E-state index is 5.98. The zero-order valence-electron chi connectivity index (χ0n) is 18.7. The van der Waals surface area contributed by atoms with E-state index in [0.717, 1.165) is 53.2 Å². The van der Waals surface area contributed by atoms with Crippen molar-refractivity contribution in [2.45, 2.75) is 45.4 Å². The summed E-state index contributed by atoms with van der Waals surface area (Å²) in [4.78, 5) is 9.57. The Hall–Kier alpha value is -1.85. The maximum Gasteiger partial charge on any atom is 0.154 e. The fourth-order valence-electron chi connectivity index (χ4n) is 3.31. The molecule has 0 radical (unpaired) electrons. The van der Waals surface area contributed by atoms with Crippen molar-refractivity contribution in [2.24, 2.45) is 5.73 Å². The minimum atomic E-state index is 0. The number of hydrogen-bond donors (Lipinski definition) is 2. The van der Waals surface area contributed by atoms with E-state index in [2.05, 4.69) is 37.4 Å². The first-order valence-corrected chi connectivity index (χ1v) is 11.1. The van der Waals surface area contributed by atoms with Gasteiger partial charge in [-0.25, -0.2) is 9.97 Å². The molecule has 0 unspecified atom stereocenters. The van der Waals surface area contributed by atoms with Crippen molar-refractivity contribution in [3.8, 4) is 0 Å². The number of benzene rings is 2. The molecule has 1 aromatic heterocycles. The highest BCUT2D eigenvalue weighted by Gasteiger charge is 2.09. The van der Waals surface area contributed by atoms with E-state index in [-0.39, 0.29) is 24.8 Å². The largest absolute Gasteiger partial charge is 0.369 e. The second kappa shape index (κ2) is 14.3. The number of aromatic nitrogens is 2. The quantitative estimate of drug-likeness (QED) is 0.288. The number of nitrogens with two attached hydrogens (primary N) is 1. The minimum absolute atomic E-state index is 0. The summed E-state index contributed by atoms with van der Waals surface area (Å²) >= 11 is 5.98. The van der Waals surface area contributed by atoms with Crippen LogP contribution in [-0.2, 0) is 0 Å². The summed E-state index contributed by atoms with van der Waals surface area (Å²) in [7, 11) is 0. The first-order chi connectivity index (χ1) is 14.6. The monoisotopic (exact) mass is 494 g/mol. The number of unbranched alkanes of at least 4 members (excludes halogenated alkanes) is 3. The summed E-state index contributed by atoms with van der Waals surface area (Å²) in [5.41, 5.74) is 8.89. The summed E-state index contributed by atoms with van der Waals surface area (Å²) in [6.45, 7) is 6.07. The summed E-state index contributed by atoms with van der Waals surface area (Å²) in [6.07, 6.45) is 8.50. The van der Waals surface area contributed by atoms with E-state index in [9.17, 15) is 0 Å². The number of halogens is 3. The average molecular weight is 496 g/mol. The van der Waals surface area contributed by atoms with Crippen LogP contribution in [0.5, 0.6) is 0 Å². The molecule has 1 heterocycles. The van der Waals surface area contributed by atoms with E-state index in [1.54, 1.807) is 0 Å². The third-order valence-electron chi connectivity index (χ3n) is 5.12. The van der Waals surface area contributed by atoms with Gasteiger partial charge in [-0.15, -0.1) is 24.8 Å². The van der Waals surface area contributed by atoms with Gasteiger partial charge in [0.2, 0.25) is 0 Å². The molecule has 2 aromatic carbocycles. The molecule has 0 fully saturated rings. The van der Waals surface area contributed by atoms with Crippen LogP contribution in [0.15, 0.2) is 42.5 Å². The van der Waals surface area contributed by atoms with Gasteiger partial charge in [-0.3, -0.25) is 0 Å². The molecule has 0 saturated heterocycles. The van der Waals surface area contributed by atoms with Crippen LogP contribution >= 0.6 is 36.4 Å². The number of fused-ring (bicyclic) bond motifs is 1. The zero-order valence-corrected chi connectivity index (χ0v) is 21.1. The van der Waals surface area contributed by atoms with Gasteiger partial charge < -0.3 is 11.1 Å². The highest BCUT2D eigenvalue weighted by Crippen LogP contribution is 2.26. The molecule has 0 aliphatic heterocycles. The standard InChI is InChI=1S/C25H31ClN4.2ClH/c1-18(2)20-10-13-23-22(17-20)25(28-16-6-4-3-5-15-27)30-24(29-23)14-9-19-7-11-21(26)12-8-19;;/h7-14,17-18H,3-6,15-16,27H2,1-2H3,(H,28,29,30);2*1H. The smallest absolute Gasteiger partial charge is 0.154 e. The van der Waals surface area contributed by atoms with Crippen LogP contribution in [0.25, 0.3) is 23.1 Å². The first kappa shape index (κ1) is 28.2. The Kier molecular flexibility index (Phi) is 12.6. The normalized spacial score (nSPS) is 10.9. The number of anilines is 1. The summed E-state index contributed by atoms with van der Waals surface area (Å²) in [5, 5.41) is 5.35.